The predicted molar refractivity (Wildman–Crippen MR) is 69.0 cm³/mol. The van der Waals surface area contributed by atoms with E-state index in [1.165, 1.54) is 29.8 Å². The summed E-state index contributed by atoms with van der Waals surface area (Å²) in [5, 5.41) is 0. The van der Waals surface area contributed by atoms with E-state index in [1.54, 1.807) is 13.0 Å². The Hall–Kier alpha value is -1.13. The van der Waals surface area contributed by atoms with E-state index in [1.807, 2.05) is 0 Å². The van der Waals surface area contributed by atoms with Crippen molar-refractivity contribution in [3.8, 4) is 0 Å². The van der Waals surface area contributed by atoms with Crippen molar-refractivity contribution < 1.29 is 25.5 Å². The van der Waals surface area contributed by atoms with Gasteiger partial charge >= 0.3 is 15.6 Å². The van der Waals surface area contributed by atoms with Crippen molar-refractivity contribution in [2.24, 2.45) is 0 Å². The number of hydrogen-bond donors (Lipinski definition) is 0. The molecule has 1 heterocycles. The Morgan fingerprint density at radius 2 is 1.85 bits per heavy atom. The molecule has 0 aliphatic carbocycles. The van der Waals surface area contributed by atoms with Gasteiger partial charge in [-0.2, -0.15) is 21.6 Å². The molecular formula is C10H14F3NO4SSi. The Labute approximate surface area is 115 Å². The number of aryl methyl sites for hydroxylation is 1. The summed E-state index contributed by atoms with van der Waals surface area (Å²) in [5.41, 5.74) is -5.36. The topological polar surface area (TPSA) is 65.4 Å². The third-order valence-electron chi connectivity index (χ3n) is 2.43. The molecule has 1 rings (SSSR count). The van der Waals surface area contributed by atoms with Gasteiger partial charge in [-0.25, -0.2) is 0 Å². The molecule has 5 nitrogen and oxygen atoms in total. The van der Waals surface area contributed by atoms with Crippen LogP contribution in [0.4, 0.5) is 13.2 Å². The molecule has 1 aromatic heterocycles. The quantitative estimate of drug-likeness (QED) is 0.624. The SMILES string of the molecule is Cc1cccc(=O)n1C[Si](C)(C)OS(=O)(=O)C(F)(F)F. The lowest BCUT2D eigenvalue weighted by atomic mass is 10.4. The zero-order valence-electron chi connectivity index (χ0n) is 11.1. The summed E-state index contributed by atoms with van der Waals surface area (Å²) >= 11 is 0. The number of hydrogen-bond acceptors (Lipinski definition) is 4. The highest BCUT2D eigenvalue weighted by Gasteiger charge is 2.50. The van der Waals surface area contributed by atoms with Gasteiger partial charge in [0.05, 0.1) is 0 Å². The minimum absolute atomic E-state index is 0.187. The van der Waals surface area contributed by atoms with Gasteiger partial charge in [0.1, 0.15) is 0 Å². The Kier molecular flexibility index (Phi) is 4.51. The van der Waals surface area contributed by atoms with Gasteiger partial charge in [-0.1, -0.05) is 6.07 Å². The summed E-state index contributed by atoms with van der Waals surface area (Å²) in [5.74, 6) is 0. The molecule has 0 fully saturated rings. The molecule has 0 unspecified atom stereocenters. The van der Waals surface area contributed by atoms with E-state index < -0.39 is 29.5 Å². The number of rotatable bonds is 4. The maximum absolute atomic E-state index is 12.3. The highest BCUT2D eigenvalue weighted by atomic mass is 32.2. The van der Waals surface area contributed by atoms with Gasteiger partial charge in [0.25, 0.3) is 5.56 Å². The number of pyridine rings is 1. The number of halogens is 3. The molecule has 10 heteroatoms. The lowest BCUT2D eigenvalue weighted by Gasteiger charge is -2.24. The number of alkyl halides is 3. The first-order valence-electron chi connectivity index (χ1n) is 5.54. The fourth-order valence-corrected chi connectivity index (χ4v) is 5.71. The monoisotopic (exact) mass is 329 g/mol. The van der Waals surface area contributed by atoms with Crippen molar-refractivity contribution in [2.45, 2.75) is 31.7 Å². The summed E-state index contributed by atoms with van der Waals surface area (Å²) in [4.78, 5) is 11.6. The van der Waals surface area contributed by atoms with Crippen LogP contribution in [0.5, 0.6) is 0 Å². The van der Waals surface area contributed by atoms with E-state index in [2.05, 4.69) is 3.87 Å². The molecule has 0 aromatic carbocycles. The smallest absolute Gasteiger partial charge is 0.313 e. The van der Waals surface area contributed by atoms with Crippen LogP contribution in [0.1, 0.15) is 5.69 Å². The van der Waals surface area contributed by atoms with E-state index in [4.69, 9.17) is 0 Å². The van der Waals surface area contributed by atoms with Crippen LogP contribution in [0.15, 0.2) is 23.0 Å². The first kappa shape index (κ1) is 16.9. The number of aromatic nitrogens is 1. The molecule has 0 radical (unpaired) electrons. The second-order valence-corrected chi connectivity index (χ2v) is 10.7. The maximum atomic E-state index is 12.3. The van der Waals surface area contributed by atoms with Crippen LogP contribution < -0.4 is 5.56 Å². The predicted octanol–water partition coefficient (Wildman–Crippen LogP) is 1.77. The minimum atomic E-state index is -5.65. The molecule has 20 heavy (non-hydrogen) atoms. The first-order valence-corrected chi connectivity index (χ1v) is 10.1. The van der Waals surface area contributed by atoms with Crippen LogP contribution in [-0.2, 0) is 20.2 Å². The Bertz CT molecular complexity index is 651. The molecule has 0 saturated heterocycles. The van der Waals surface area contributed by atoms with Crippen LogP contribution >= 0.6 is 0 Å². The molecule has 0 N–H and O–H groups in total. The van der Waals surface area contributed by atoms with E-state index in [9.17, 15) is 26.4 Å². The van der Waals surface area contributed by atoms with E-state index in [-0.39, 0.29) is 6.17 Å². The lowest BCUT2D eigenvalue weighted by Crippen LogP contribution is -2.45. The molecule has 0 atom stereocenters. The third kappa shape index (κ3) is 3.93. The Morgan fingerprint density at radius 3 is 2.30 bits per heavy atom. The van der Waals surface area contributed by atoms with Crippen LogP contribution in [0.2, 0.25) is 13.1 Å². The molecule has 0 saturated carbocycles. The third-order valence-corrected chi connectivity index (χ3v) is 6.75. The molecule has 114 valence electrons. The van der Waals surface area contributed by atoms with Crippen molar-refractivity contribution in [3.63, 3.8) is 0 Å². The van der Waals surface area contributed by atoms with Crippen molar-refractivity contribution in [1.82, 2.24) is 4.57 Å². The van der Waals surface area contributed by atoms with Gasteiger partial charge in [-0.3, -0.25) is 4.79 Å². The second-order valence-electron chi connectivity index (χ2n) is 4.83. The van der Waals surface area contributed by atoms with Crippen LogP contribution in [0, 0.1) is 6.92 Å². The highest BCUT2D eigenvalue weighted by Crippen LogP contribution is 2.27. The van der Waals surface area contributed by atoms with Gasteiger partial charge in [0, 0.05) is 17.9 Å². The fourth-order valence-electron chi connectivity index (χ4n) is 1.58. The fraction of sp³-hybridized carbons (Fsp3) is 0.500. The van der Waals surface area contributed by atoms with Crippen LogP contribution in [0.25, 0.3) is 0 Å². The summed E-state index contributed by atoms with van der Waals surface area (Å²) in [6.45, 7) is 4.20. The van der Waals surface area contributed by atoms with E-state index >= 15 is 0 Å². The maximum Gasteiger partial charge on any atom is 0.522 e. The molecule has 0 aliphatic heterocycles. The normalized spacial score (nSPS) is 13.5. The average molecular weight is 329 g/mol. The van der Waals surface area contributed by atoms with Gasteiger partial charge < -0.3 is 8.44 Å². The first-order chi connectivity index (χ1) is 8.86. The van der Waals surface area contributed by atoms with E-state index in [0.717, 1.165) is 0 Å². The second kappa shape index (κ2) is 5.33. The van der Waals surface area contributed by atoms with Gasteiger partial charge in [-0.05, 0) is 26.1 Å². The zero-order valence-corrected chi connectivity index (χ0v) is 12.9. The summed E-state index contributed by atoms with van der Waals surface area (Å²) in [7, 11) is -8.95. The van der Waals surface area contributed by atoms with Crippen LogP contribution in [-0.4, -0.2) is 26.8 Å². The van der Waals surface area contributed by atoms with Crippen molar-refractivity contribution in [2.75, 3.05) is 0 Å². The highest BCUT2D eigenvalue weighted by molar-refractivity contribution is 7.88. The van der Waals surface area contributed by atoms with Crippen molar-refractivity contribution in [1.29, 1.82) is 0 Å². The number of nitrogens with zero attached hydrogens (tertiary/aromatic N) is 1. The van der Waals surface area contributed by atoms with Crippen molar-refractivity contribution >= 4 is 18.4 Å². The van der Waals surface area contributed by atoms with Crippen molar-refractivity contribution in [3.05, 3.63) is 34.2 Å². The molecule has 1 aromatic rings. The van der Waals surface area contributed by atoms with Crippen LogP contribution in [0.3, 0.4) is 0 Å². The molecule has 0 amide bonds. The Morgan fingerprint density at radius 1 is 1.30 bits per heavy atom. The summed E-state index contributed by atoms with van der Waals surface area (Å²) in [6, 6.07) is 4.36. The molecular weight excluding hydrogens is 315 g/mol. The summed E-state index contributed by atoms with van der Waals surface area (Å²) < 4.78 is 64.5. The van der Waals surface area contributed by atoms with E-state index in [0.29, 0.717) is 5.69 Å². The Balaban J connectivity index is 3.06. The van der Waals surface area contributed by atoms with Gasteiger partial charge in [0.15, 0.2) is 0 Å². The standard InChI is InChI=1S/C10H14F3NO4SSi/c1-8-5-4-6-9(15)14(8)7-20(2,3)18-19(16,17)10(11,12)13/h4-6H,7H2,1-3H3. The summed E-state index contributed by atoms with van der Waals surface area (Å²) in [6.07, 6.45) is -0.187. The lowest BCUT2D eigenvalue weighted by molar-refractivity contribution is -0.0504. The zero-order chi connectivity index (χ0) is 15.8. The molecule has 0 spiro atoms. The minimum Gasteiger partial charge on any atom is -0.313 e. The molecule has 0 bridgehead atoms. The largest absolute Gasteiger partial charge is 0.522 e. The van der Waals surface area contributed by atoms with Gasteiger partial charge in [-0.15, -0.1) is 0 Å². The van der Waals surface area contributed by atoms with Gasteiger partial charge in [0.2, 0.25) is 8.32 Å². The molecule has 0 aliphatic rings. The average Bonchev–Trinajstić information content (AvgIpc) is 2.20.